The van der Waals surface area contributed by atoms with Crippen LogP contribution in [0.5, 0.6) is 0 Å². The second kappa shape index (κ2) is 10.1. The standard InChI is InChI=1S/C25H27N3O4S/c1-19(20-10-12-23(13-11-20)28-14-16-32-17-15-28)26-25(29)21-6-5-7-22(18-21)27-33(30,31)24-8-3-2-4-9-24/h2-13,18-19,27H,14-17H2,1H3,(H,26,29). The molecule has 172 valence electrons. The molecule has 1 heterocycles. The zero-order valence-electron chi connectivity index (χ0n) is 18.4. The molecule has 0 radical (unpaired) electrons. The summed E-state index contributed by atoms with van der Waals surface area (Å²) in [6.07, 6.45) is 0. The van der Waals surface area contributed by atoms with Gasteiger partial charge in [0.15, 0.2) is 0 Å². The highest BCUT2D eigenvalue weighted by Crippen LogP contribution is 2.21. The Kier molecular flexibility index (Phi) is 6.96. The highest BCUT2D eigenvalue weighted by atomic mass is 32.2. The summed E-state index contributed by atoms with van der Waals surface area (Å²) in [5.74, 6) is -0.277. The van der Waals surface area contributed by atoms with Gasteiger partial charge in [0.2, 0.25) is 0 Å². The maximum absolute atomic E-state index is 12.8. The number of sulfonamides is 1. The minimum atomic E-state index is -3.73. The number of benzene rings is 3. The Labute approximate surface area is 194 Å². The molecule has 1 unspecified atom stereocenters. The zero-order chi connectivity index (χ0) is 23.3. The Morgan fingerprint density at radius 1 is 0.939 bits per heavy atom. The number of nitrogens with zero attached hydrogens (tertiary/aromatic N) is 1. The van der Waals surface area contributed by atoms with Crippen molar-refractivity contribution in [3.63, 3.8) is 0 Å². The van der Waals surface area contributed by atoms with Gasteiger partial charge in [-0.25, -0.2) is 8.42 Å². The topological polar surface area (TPSA) is 87.7 Å². The van der Waals surface area contributed by atoms with Crippen molar-refractivity contribution in [2.24, 2.45) is 0 Å². The predicted molar refractivity (Wildman–Crippen MR) is 129 cm³/mol. The maximum atomic E-state index is 12.8. The third-order valence-corrected chi connectivity index (χ3v) is 6.94. The van der Waals surface area contributed by atoms with Crippen LogP contribution in [0.2, 0.25) is 0 Å². The molecule has 1 aliphatic rings. The fourth-order valence-electron chi connectivity index (χ4n) is 3.70. The predicted octanol–water partition coefficient (Wildman–Crippen LogP) is 3.82. The van der Waals surface area contributed by atoms with Gasteiger partial charge in [-0.1, -0.05) is 36.4 Å². The molecular weight excluding hydrogens is 438 g/mol. The third kappa shape index (κ3) is 5.71. The van der Waals surface area contributed by atoms with E-state index >= 15 is 0 Å². The summed E-state index contributed by atoms with van der Waals surface area (Å²) >= 11 is 0. The van der Waals surface area contributed by atoms with Crippen LogP contribution in [0.4, 0.5) is 11.4 Å². The van der Waals surface area contributed by atoms with Gasteiger partial charge in [0.1, 0.15) is 0 Å². The number of anilines is 2. The minimum Gasteiger partial charge on any atom is -0.378 e. The van der Waals surface area contributed by atoms with Gasteiger partial charge in [-0.15, -0.1) is 0 Å². The summed E-state index contributed by atoms with van der Waals surface area (Å²) in [7, 11) is -3.73. The Hall–Kier alpha value is -3.36. The van der Waals surface area contributed by atoms with Crippen molar-refractivity contribution in [1.29, 1.82) is 0 Å². The SMILES string of the molecule is CC(NC(=O)c1cccc(NS(=O)(=O)c2ccccc2)c1)c1ccc(N2CCOCC2)cc1. The number of morpholine rings is 1. The van der Waals surface area contributed by atoms with E-state index in [1.54, 1.807) is 36.4 Å². The molecule has 1 aliphatic heterocycles. The monoisotopic (exact) mass is 465 g/mol. The number of amides is 1. The van der Waals surface area contributed by atoms with E-state index in [-0.39, 0.29) is 16.8 Å². The highest BCUT2D eigenvalue weighted by Gasteiger charge is 2.17. The van der Waals surface area contributed by atoms with E-state index in [0.29, 0.717) is 11.3 Å². The van der Waals surface area contributed by atoms with Gasteiger partial charge in [0.05, 0.1) is 24.2 Å². The van der Waals surface area contributed by atoms with Crippen molar-refractivity contribution in [1.82, 2.24) is 5.32 Å². The van der Waals surface area contributed by atoms with E-state index < -0.39 is 10.0 Å². The Balaban J connectivity index is 1.41. The first-order valence-corrected chi connectivity index (χ1v) is 12.3. The fraction of sp³-hybridized carbons (Fsp3) is 0.240. The summed E-state index contributed by atoms with van der Waals surface area (Å²) < 4.78 is 33.1. The second-order valence-electron chi connectivity index (χ2n) is 7.89. The summed E-state index contributed by atoms with van der Waals surface area (Å²) in [4.78, 5) is 15.3. The number of carbonyl (C=O) groups excluding carboxylic acids is 1. The molecule has 0 saturated carbocycles. The lowest BCUT2D eigenvalue weighted by atomic mass is 10.1. The van der Waals surface area contributed by atoms with Gasteiger partial charge in [0.25, 0.3) is 15.9 Å². The summed E-state index contributed by atoms with van der Waals surface area (Å²) in [6.45, 7) is 5.12. The minimum absolute atomic E-state index is 0.161. The van der Waals surface area contributed by atoms with Crippen LogP contribution in [0.3, 0.4) is 0 Å². The second-order valence-corrected chi connectivity index (χ2v) is 9.57. The molecule has 2 N–H and O–H groups in total. The van der Waals surface area contributed by atoms with Gasteiger partial charge < -0.3 is 15.0 Å². The lowest BCUT2D eigenvalue weighted by Crippen LogP contribution is -2.36. The van der Waals surface area contributed by atoms with E-state index in [4.69, 9.17) is 4.74 Å². The van der Waals surface area contributed by atoms with Crippen LogP contribution in [0.25, 0.3) is 0 Å². The number of carbonyl (C=O) groups is 1. The first kappa shape index (κ1) is 22.8. The van der Waals surface area contributed by atoms with Gasteiger partial charge in [-0.3, -0.25) is 9.52 Å². The average Bonchev–Trinajstić information content (AvgIpc) is 2.85. The lowest BCUT2D eigenvalue weighted by Gasteiger charge is -2.29. The molecule has 3 aromatic carbocycles. The van der Waals surface area contributed by atoms with E-state index in [9.17, 15) is 13.2 Å². The Bertz CT molecular complexity index is 1190. The molecule has 1 atom stereocenters. The summed E-state index contributed by atoms with van der Waals surface area (Å²) in [6, 6.07) is 22.5. The van der Waals surface area contributed by atoms with Crippen molar-refractivity contribution in [2.45, 2.75) is 17.9 Å². The molecule has 1 amide bonds. The van der Waals surface area contributed by atoms with Crippen LogP contribution in [-0.4, -0.2) is 40.6 Å². The van der Waals surface area contributed by atoms with Gasteiger partial charge in [-0.05, 0) is 55.0 Å². The van der Waals surface area contributed by atoms with Gasteiger partial charge in [0, 0.05) is 30.0 Å². The summed E-state index contributed by atoms with van der Waals surface area (Å²) in [5, 5.41) is 2.98. The largest absolute Gasteiger partial charge is 0.378 e. The Morgan fingerprint density at radius 2 is 1.64 bits per heavy atom. The number of nitrogens with one attached hydrogen (secondary N) is 2. The first-order valence-electron chi connectivity index (χ1n) is 10.8. The van der Waals surface area contributed by atoms with Crippen LogP contribution in [0.1, 0.15) is 28.9 Å². The number of hydrogen-bond donors (Lipinski definition) is 2. The van der Waals surface area contributed by atoms with E-state index in [1.165, 1.54) is 18.2 Å². The summed E-state index contributed by atoms with van der Waals surface area (Å²) in [5.41, 5.74) is 2.83. The number of hydrogen-bond acceptors (Lipinski definition) is 5. The molecule has 0 spiro atoms. The van der Waals surface area contributed by atoms with Gasteiger partial charge >= 0.3 is 0 Å². The van der Waals surface area contributed by atoms with Crippen LogP contribution in [0, 0.1) is 0 Å². The van der Waals surface area contributed by atoms with E-state index in [0.717, 1.165) is 37.6 Å². The highest BCUT2D eigenvalue weighted by molar-refractivity contribution is 7.92. The van der Waals surface area contributed by atoms with Crippen LogP contribution >= 0.6 is 0 Å². The van der Waals surface area contributed by atoms with Crippen LogP contribution in [0.15, 0.2) is 83.8 Å². The van der Waals surface area contributed by atoms with Crippen LogP contribution in [-0.2, 0) is 14.8 Å². The van der Waals surface area contributed by atoms with Crippen molar-refractivity contribution in [3.8, 4) is 0 Å². The molecule has 4 rings (SSSR count). The average molecular weight is 466 g/mol. The third-order valence-electron chi connectivity index (χ3n) is 5.55. The molecule has 0 aliphatic carbocycles. The van der Waals surface area contributed by atoms with Gasteiger partial charge in [-0.2, -0.15) is 0 Å². The molecule has 8 heteroatoms. The van der Waals surface area contributed by atoms with E-state index in [1.807, 2.05) is 19.1 Å². The smallest absolute Gasteiger partial charge is 0.261 e. The molecule has 1 saturated heterocycles. The Morgan fingerprint density at radius 3 is 2.33 bits per heavy atom. The fourth-order valence-corrected chi connectivity index (χ4v) is 4.77. The number of ether oxygens (including phenoxy) is 1. The molecular formula is C25H27N3O4S. The lowest BCUT2D eigenvalue weighted by molar-refractivity contribution is 0.0940. The van der Waals surface area contributed by atoms with Crippen molar-refractivity contribution in [3.05, 3.63) is 90.0 Å². The zero-order valence-corrected chi connectivity index (χ0v) is 19.2. The van der Waals surface area contributed by atoms with E-state index in [2.05, 4.69) is 27.1 Å². The quantitative estimate of drug-likeness (QED) is 0.554. The molecule has 0 bridgehead atoms. The molecule has 0 aromatic heterocycles. The number of rotatable bonds is 7. The molecule has 7 nitrogen and oxygen atoms in total. The van der Waals surface area contributed by atoms with Crippen molar-refractivity contribution < 1.29 is 17.9 Å². The molecule has 1 fully saturated rings. The van der Waals surface area contributed by atoms with Crippen LogP contribution < -0.4 is 14.9 Å². The first-order chi connectivity index (χ1) is 15.9. The van der Waals surface area contributed by atoms with Crippen molar-refractivity contribution >= 4 is 27.3 Å². The molecule has 3 aromatic rings. The maximum Gasteiger partial charge on any atom is 0.261 e. The normalized spacial score (nSPS) is 15.0. The molecule has 33 heavy (non-hydrogen) atoms. The van der Waals surface area contributed by atoms with Crippen molar-refractivity contribution in [2.75, 3.05) is 35.9 Å².